The van der Waals surface area contributed by atoms with Crippen molar-refractivity contribution in [2.24, 2.45) is 5.92 Å². The number of fused-ring (bicyclic) bond motifs is 1. The molecule has 1 atom stereocenters. The second-order valence-electron chi connectivity index (χ2n) is 7.28. The summed E-state index contributed by atoms with van der Waals surface area (Å²) in [7, 11) is 1.56. The van der Waals surface area contributed by atoms with Crippen molar-refractivity contribution in [1.82, 2.24) is 20.0 Å². The number of likely N-dealkylation sites (tertiary alicyclic amines) is 1. The lowest BCUT2D eigenvalue weighted by Crippen LogP contribution is -2.31. The number of benzene rings is 1. The van der Waals surface area contributed by atoms with Gasteiger partial charge in [-0.15, -0.1) is 10.2 Å². The number of hydrogen-bond acceptors (Lipinski definition) is 8. The fraction of sp³-hybridized carbons (Fsp3) is 0.400. The molecule has 11 heteroatoms. The van der Waals surface area contributed by atoms with E-state index < -0.39 is 5.92 Å². The first-order chi connectivity index (χ1) is 15.0. The molecule has 2 aliphatic rings. The Morgan fingerprint density at radius 1 is 1.16 bits per heavy atom. The van der Waals surface area contributed by atoms with Crippen LogP contribution in [-0.4, -0.2) is 77.0 Å². The predicted octanol–water partition coefficient (Wildman–Crippen LogP) is 0.810. The Morgan fingerprint density at radius 2 is 1.87 bits per heavy atom. The van der Waals surface area contributed by atoms with Gasteiger partial charge in [-0.3, -0.25) is 24.1 Å². The topological polar surface area (TPSA) is 122 Å². The molecule has 162 valence electrons. The van der Waals surface area contributed by atoms with Crippen molar-refractivity contribution in [1.29, 1.82) is 0 Å². The lowest BCUT2D eigenvalue weighted by Gasteiger charge is -2.15. The van der Waals surface area contributed by atoms with Crippen molar-refractivity contribution >= 4 is 40.1 Å². The number of hydrogen-bond donors (Lipinski definition) is 1. The molecule has 31 heavy (non-hydrogen) atoms. The fourth-order valence-corrected chi connectivity index (χ4v) is 4.36. The van der Waals surface area contributed by atoms with Gasteiger partial charge in [-0.25, -0.2) is 0 Å². The Bertz CT molecular complexity index is 1000. The number of carbonyl (C=O) groups excluding carboxylic acids is 4. The van der Waals surface area contributed by atoms with Crippen molar-refractivity contribution in [3.05, 3.63) is 40.4 Å². The van der Waals surface area contributed by atoms with Crippen molar-refractivity contribution in [3.8, 4) is 0 Å². The Hall–Kier alpha value is -3.18. The third-order valence-electron chi connectivity index (χ3n) is 5.28. The maximum atomic E-state index is 12.5. The molecule has 1 unspecified atom stereocenters. The molecule has 0 radical (unpaired) electrons. The van der Waals surface area contributed by atoms with Crippen molar-refractivity contribution in [3.63, 3.8) is 0 Å². The second kappa shape index (κ2) is 8.90. The van der Waals surface area contributed by atoms with Crippen LogP contribution in [0.3, 0.4) is 0 Å². The summed E-state index contributed by atoms with van der Waals surface area (Å²) in [6.07, 6.45) is 0.493. The number of aromatic nitrogens is 2. The molecule has 0 bridgehead atoms. The van der Waals surface area contributed by atoms with Crippen molar-refractivity contribution < 1.29 is 23.9 Å². The highest BCUT2D eigenvalue weighted by atomic mass is 32.1. The van der Waals surface area contributed by atoms with Gasteiger partial charge in [0, 0.05) is 39.6 Å². The largest absolute Gasteiger partial charge is 0.383 e. The van der Waals surface area contributed by atoms with E-state index in [1.54, 1.807) is 36.3 Å². The number of nitrogens with zero attached hydrogens (tertiary/aromatic N) is 4. The fourth-order valence-electron chi connectivity index (χ4n) is 3.63. The molecule has 1 saturated heterocycles. The van der Waals surface area contributed by atoms with E-state index in [1.165, 1.54) is 16.2 Å². The van der Waals surface area contributed by atoms with E-state index >= 15 is 0 Å². The first-order valence-electron chi connectivity index (χ1n) is 9.83. The summed E-state index contributed by atoms with van der Waals surface area (Å²) in [5.74, 6) is -1.44. The van der Waals surface area contributed by atoms with Gasteiger partial charge >= 0.3 is 0 Å². The van der Waals surface area contributed by atoms with E-state index in [2.05, 4.69) is 15.5 Å². The Morgan fingerprint density at radius 3 is 2.55 bits per heavy atom. The molecule has 0 spiro atoms. The normalized spacial score (nSPS) is 18.1. The molecule has 1 aromatic heterocycles. The van der Waals surface area contributed by atoms with Crippen LogP contribution in [-0.2, 0) is 20.7 Å². The summed E-state index contributed by atoms with van der Waals surface area (Å²) in [6, 6.07) is 6.72. The number of methoxy groups -OCH3 is 1. The Kier molecular flexibility index (Phi) is 6.05. The van der Waals surface area contributed by atoms with Gasteiger partial charge in [0.05, 0.1) is 23.7 Å². The summed E-state index contributed by atoms with van der Waals surface area (Å²) in [5.41, 5.74) is 0.812. The van der Waals surface area contributed by atoms with Gasteiger partial charge in [0.15, 0.2) is 0 Å². The number of nitrogens with one attached hydrogen (secondary N) is 1. The molecule has 10 nitrogen and oxygen atoms in total. The molecule has 3 heterocycles. The van der Waals surface area contributed by atoms with Gasteiger partial charge in [-0.2, -0.15) is 0 Å². The molecule has 2 aliphatic heterocycles. The van der Waals surface area contributed by atoms with Gasteiger partial charge in [0.25, 0.3) is 11.8 Å². The average Bonchev–Trinajstić information content (AvgIpc) is 3.43. The van der Waals surface area contributed by atoms with E-state index in [9.17, 15) is 19.2 Å². The number of anilines is 1. The molecule has 1 N–H and O–H groups in total. The molecule has 4 rings (SSSR count). The monoisotopic (exact) mass is 443 g/mol. The molecular formula is C20H21N5O5S. The summed E-state index contributed by atoms with van der Waals surface area (Å²) < 4.78 is 4.98. The minimum absolute atomic E-state index is 0.0731. The van der Waals surface area contributed by atoms with E-state index in [1.807, 2.05) is 0 Å². The zero-order valence-electron chi connectivity index (χ0n) is 16.9. The summed E-state index contributed by atoms with van der Waals surface area (Å²) in [5, 5.41) is 11.6. The smallest absolute Gasteiger partial charge is 0.261 e. The van der Waals surface area contributed by atoms with Crippen molar-refractivity contribution in [2.45, 2.75) is 12.8 Å². The van der Waals surface area contributed by atoms with Crippen LogP contribution in [0, 0.1) is 5.92 Å². The second-order valence-corrected chi connectivity index (χ2v) is 8.34. The van der Waals surface area contributed by atoms with Crippen LogP contribution < -0.4 is 5.32 Å². The van der Waals surface area contributed by atoms with Crippen LogP contribution in [0.1, 0.15) is 32.1 Å². The molecule has 1 aromatic carbocycles. The lowest BCUT2D eigenvalue weighted by atomic mass is 10.1. The highest BCUT2D eigenvalue weighted by Gasteiger charge is 2.36. The zero-order chi connectivity index (χ0) is 22.0. The SMILES string of the molecule is COCCN1CC(C(=O)Nc2nnc(CCN3C(=O)c4ccccc4C3=O)s2)CC1=O. The van der Waals surface area contributed by atoms with Gasteiger partial charge in [0.1, 0.15) is 5.01 Å². The average molecular weight is 443 g/mol. The third kappa shape index (κ3) is 4.32. The van der Waals surface area contributed by atoms with E-state index in [0.29, 0.717) is 47.4 Å². The first-order valence-corrected chi connectivity index (χ1v) is 10.6. The highest BCUT2D eigenvalue weighted by Crippen LogP contribution is 2.24. The van der Waals surface area contributed by atoms with Crippen molar-refractivity contribution in [2.75, 3.05) is 38.7 Å². The number of imide groups is 1. The Labute approximate surface area is 182 Å². The lowest BCUT2D eigenvalue weighted by molar-refractivity contribution is -0.128. The maximum Gasteiger partial charge on any atom is 0.261 e. The highest BCUT2D eigenvalue weighted by molar-refractivity contribution is 7.15. The predicted molar refractivity (Wildman–Crippen MR) is 111 cm³/mol. The van der Waals surface area contributed by atoms with Gasteiger partial charge < -0.3 is 15.0 Å². The maximum absolute atomic E-state index is 12.5. The van der Waals surface area contributed by atoms with Crippen LogP contribution >= 0.6 is 11.3 Å². The standard InChI is InChI=1S/C20H21N5O5S/c1-30-9-8-24-11-12(10-16(24)26)17(27)21-20-23-22-15(31-20)6-7-25-18(28)13-4-2-3-5-14(13)19(25)29/h2-5,12H,6-11H2,1H3,(H,21,23,27). The summed E-state index contributed by atoms with van der Waals surface area (Å²) in [4.78, 5) is 52.1. The minimum Gasteiger partial charge on any atom is -0.383 e. The first kappa shape index (κ1) is 21.1. The molecular weight excluding hydrogens is 422 g/mol. The number of ether oxygens (including phenoxy) is 1. The number of carbonyl (C=O) groups is 4. The van der Waals surface area contributed by atoms with Gasteiger partial charge in [-0.05, 0) is 12.1 Å². The van der Waals surface area contributed by atoms with E-state index in [-0.39, 0.29) is 36.6 Å². The molecule has 0 aliphatic carbocycles. The van der Waals surface area contributed by atoms with Crippen LogP contribution in [0.15, 0.2) is 24.3 Å². The minimum atomic E-state index is -0.449. The van der Waals surface area contributed by atoms with E-state index in [4.69, 9.17) is 4.74 Å². The van der Waals surface area contributed by atoms with E-state index in [0.717, 1.165) is 0 Å². The summed E-state index contributed by atoms with van der Waals surface area (Å²) >= 11 is 1.18. The van der Waals surface area contributed by atoms with Crippen LogP contribution in [0.2, 0.25) is 0 Å². The molecule has 2 aromatic rings. The molecule has 1 fully saturated rings. The molecule has 0 saturated carbocycles. The summed E-state index contributed by atoms with van der Waals surface area (Å²) in [6.45, 7) is 1.41. The molecule has 4 amide bonds. The number of rotatable bonds is 8. The van der Waals surface area contributed by atoms with Crippen LogP contribution in [0.5, 0.6) is 0 Å². The van der Waals surface area contributed by atoms with Crippen LogP contribution in [0.4, 0.5) is 5.13 Å². The van der Waals surface area contributed by atoms with Gasteiger partial charge in [-0.1, -0.05) is 23.5 Å². The Balaban J connectivity index is 1.30. The number of amides is 4. The third-order valence-corrected chi connectivity index (χ3v) is 6.17. The van der Waals surface area contributed by atoms with Crippen LogP contribution in [0.25, 0.3) is 0 Å². The zero-order valence-corrected chi connectivity index (χ0v) is 17.7. The van der Waals surface area contributed by atoms with Gasteiger partial charge in [0.2, 0.25) is 16.9 Å². The quantitative estimate of drug-likeness (QED) is 0.599.